The highest BCUT2D eigenvalue weighted by molar-refractivity contribution is 5.78. The molecular formula is C16H24N2O2. The van der Waals surface area contributed by atoms with E-state index < -0.39 is 0 Å². The standard InChI is InChI=1S/C16H24N2O2/c1-2-20-15-9-4-3-6-13(15)11-18-16(19)12-7-5-8-14(17)10-12/h3-4,6,9,12,14H,2,5,7-8,10-11,17H2,1H3,(H,18,19). The summed E-state index contributed by atoms with van der Waals surface area (Å²) in [5.74, 6) is 1.03. The third kappa shape index (κ3) is 3.97. The van der Waals surface area contributed by atoms with Crippen LogP contribution in [0, 0.1) is 5.92 Å². The highest BCUT2D eigenvalue weighted by Crippen LogP contribution is 2.24. The molecule has 0 radical (unpaired) electrons. The maximum absolute atomic E-state index is 12.2. The van der Waals surface area contributed by atoms with Gasteiger partial charge in [0.2, 0.25) is 5.91 Å². The van der Waals surface area contributed by atoms with E-state index in [9.17, 15) is 4.79 Å². The Morgan fingerprint density at radius 3 is 2.95 bits per heavy atom. The minimum absolute atomic E-state index is 0.0676. The third-order valence-corrected chi connectivity index (χ3v) is 3.81. The number of hydrogen-bond donors (Lipinski definition) is 2. The molecule has 1 aromatic rings. The maximum atomic E-state index is 12.2. The zero-order chi connectivity index (χ0) is 14.4. The smallest absolute Gasteiger partial charge is 0.223 e. The van der Waals surface area contributed by atoms with Crippen LogP contribution in [0.15, 0.2) is 24.3 Å². The zero-order valence-corrected chi connectivity index (χ0v) is 12.1. The fourth-order valence-electron chi connectivity index (χ4n) is 2.74. The molecule has 0 aromatic heterocycles. The molecule has 2 atom stereocenters. The number of ether oxygens (including phenoxy) is 1. The van der Waals surface area contributed by atoms with Gasteiger partial charge >= 0.3 is 0 Å². The summed E-state index contributed by atoms with van der Waals surface area (Å²) >= 11 is 0. The van der Waals surface area contributed by atoms with Gasteiger partial charge in [-0.05, 0) is 32.3 Å². The van der Waals surface area contributed by atoms with Gasteiger partial charge in [0.25, 0.3) is 0 Å². The molecule has 0 bridgehead atoms. The zero-order valence-electron chi connectivity index (χ0n) is 12.1. The fourth-order valence-corrected chi connectivity index (χ4v) is 2.74. The molecule has 20 heavy (non-hydrogen) atoms. The molecule has 1 aliphatic rings. The highest BCUT2D eigenvalue weighted by Gasteiger charge is 2.25. The van der Waals surface area contributed by atoms with Crippen molar-refractivity contribution >= 4 is 5.91 Å². The van der Waals surface area contributed by atoms with Crippen LogP contribution in [0.4, 0.5) is 0 Å². The van der Waals surface area contributed by atoms with Crippen molar-refractivity contribution < 1.29 is 9.53 Å². The van der Waals surface area contributed by atoms with Crippen LogP contribution in [0.5, 0.6) is 5.75 Å². The molecule has 4 nitrogen and oxygen atoms in total. The summed E-state index contributed by atoms with van der Waals surface area (Å²) in [5.41, 5.74) is 6.95. The van der Waals surface area contributed by atoms with Gasteiger partial charge in [-0.25, -0.2) is 0 Å². The Hall–Kier alpha value is -1.55. The van der Waals surface area contributed by atoms with Crippen LogP contribution in [0.3, 0.4) is 0 Å². The average molecular weight is 276 g/mol. The molecule has 0 saturated heterocycles. The van der Waals surface area contributed by atoms with Gasteiger partial charge in [-0.15, -0.1) is 0 Å². The van der Waals surface area contributed by atoms with E-state index in [1.54, 1.807) is 0 Å². The lowest BCUT2D eigenvalue weighted by molar-refractivity contribution is -0.126. The van der Waals surface area contributed by atoms with Crippen molar-refractivity contribution in [3.8, 4) is 5.75 Å². The number of para-hydroxylation sites is 1. The lowest BCUT2D eigenvalue weighted by Gasteiger charge is -2.25. The van der Waals surface area contributed by atoms with Crippen LogP contribution in [0.2, 0.25) is 0 Å². The van der Waals surface area contributed by atoms with Crippen molar-refractivity contribution in [1.29, 1.82) is 0 Å². The number of carbonyl (C=O) groups is 1. The van der Waals surface area contributed by atoms with E-state index >= 15 is 0 Å². The minimum atomic E-state index is 0.0676. The Balaban J connectivity index is 1.89. The quantitative estimate of drug-likeness (QED) is 0.866. The van der Waals surface area contributed by atoms with Crippen LogP contribution in [0.25, 0.3) is 0 Å². The molecule has 1 aromatic carbocycles. The van der Waals surface area contributed by atoms with Gasteiger partial charge in [-0.3, -0.25) is 4.79 Å². The van der Waals surface area contributed by atoms with Crippen molar-refractivity contribution in [3.63, 3.8) is 0 Å². The summed E-state index contributed by atoms with van der Waals surface area (Å²) in [7, 11) is 0. The first-order valence-corrected chi connectivity index (χ1v) is 7.44. The van der Waals surface area contributed by atoms with E-state index in [0.717, 1.165) is 37.0 Å². The largest absolute Gasteiger partial charge is 0.494 e. The van der Waals surface area contributed by atoms with Crippen molar-refractivity contribution in [2.45, 2.75) is 45.2 Å². The molecule has 0 heterocycles. The second-order valence-corrected chi connectivity index (χ2v) is 5.38. The van der Waals surface area contributed by atoms with E-state index in [4.69, 9.17) is 10.5 Å². The van der Waals surface area contributed by atoms with Gasteiger partial charge < -0.3 is 15.8 Å². The van der Waals surface area contributed by atoms with E-state index in [2.05, 4.69) is 5.32 Å². The number of hydrogen-bond acceptors (Lipinski definition) is 3. The van der Waals surface area contributed by atoms with Crippen LogP contribution >= 0.6 is 0 Å². The summed E-state index contributed by atoms with van der Waals surface area (Å²) in [6.07, 6.45) is 3.84. The number of nitrogens with one attached hydrogen (secondary N) is 1. The molecule has 1 aliphatic carbocycles. The lowest BCUT2D eigenvalue weighted by Crippen LogP contribution is -2.37. The number of carbonyl (C=O) groups excluding carboxylic acids is 1. The molecule has 0 aliphatic heterocycles. The number of rotatable bonds is 5. The van der Waals surface area contributed by atoms with Gasteiger partial charge in [0.15, 0.2) is 0 Å². The van der Waals surface area contributed by atoms with Crippen molar-refractivity contribution in [1.82, 2.24) is 5.32 Å². The van der Waals surface area contributed by atoms with E-state index in [1.807, 2.05) is 31.2 Å². The Morgan fingerprint density at radius 1 is 1.40 bits per heavy atom. The van der Waals surface area contributed by atoms with E-state index in [0.29, 0.717) is 13.2 Å². The summed E-state index contributed by atoms with van der Waals surface area (Å²) in [6, 6.07) is 7.99. The van der Waals surface area contributed by atoms with Gasteiger partial charge in [-0.2, -0.15) is 0 Å². The Labute approximate surface area is 120 Å². The molecule has 1 amide bonds. The van der Waals surface area contributed by atoms with Gasteiger partial charge in [0, 0.05) is 24.1 Å². The van der Waals surface area contributed by atoms with Crippen LogP contribution in [-0.4, -0.2) is 18.6 Å². The molecule has 2 unspecified atom stereocenters. The van der Waals surface area contributed by atoms with Gasteiger partial charge in [-0.1, -0.05) is 24.6 Å². The second kappa shape index (κ2) is 7.29. The summed E-state index contributed by atoms with van der Waals surface area (Å²) in [5, 5.41) is 3.01. The van der Waals surface area contributed by atoms with Crippen LogP contribution in [0.1, 0.15) is 38.2 Å². The predicted molar refractivity (Wildman–Crippen MR) is 79.4 cm³/mol. The minimum Gasteiger partial charge on any atom is -0.494 e. The molecule has 4 heteroatoms. The van der Waals surface area contributed by atoms with Gasteiger partial charge in [0.1, 0.15) is 5.75 Å². The number of amides is 1. The number of nitrogens with two attached hydrogens (primary N) is 1. The Bertz CT molecular complexity index is 448. The second-order valence-electron chi connectivity index (χ2n) is 5.38. The summed E-state index contributed by atoms with van der Waals surface area (Å²) < 4.78 is 5.56. The van der Waals surface area contributed by atoms with Gasteiger partial charge in [0.05, 0.1) is 6.61 Å². The topological polar surface area (TPSA) is 64.3 Å². The average Bonchev–Trinajstić information content (AvgIpc) is 2.46. The molecule has 2 rings (SSSR count). The van der Waals surface area contributed by atoms with Crippen molar-refractivity contribution in [3.05, 3.63) is 29.8 Å². The normalized spacial score (nSPS) is 22.3. The fraction of sp³-hybridized carbons (Fsp3) is 0.562. The molecule has 1 fully saturated rings. The van der Waals surface area contributed by atoms with Crippen LogP contribution < -0.4 is 15.8 Å². The first-order valence-electron chi connectivity index (χ1n) is 7.44. The van der Waals surface area contributed by atoms with Crippen molar-refractivity contribution in [2.75, 3.05) is 6.61 Å². The summed E-state index contributed by atoms with van der Waals surface area (Å²) in [6.45, 7) is 3.10. The molecule has 1 saturated carbocycles. The molecule has 0 spiro atoms. The van der Waals surface area contributed by atoms with E-state index in [-0.39, 0.29) is 17.9 Å². The highest BCUT2D eigenvalue weighted by atomic mass is 16.5. The first kappa shape index (κ1) is 14.9. The maximum Gasteiger partial charge on any atom is 0.223 e. The summed E-state index contributed by atoms with van der Waals surface area (Å²) in [4.78, 5) is 12.2. The Morgan fingerprint density at radius 2 is 2.20 bits per heavy atom. The number of benzene rings is 1. The molecule has 3 N–H and O–H groups in total. The van der Waals surface area contributed by atoms with Crippen LogP contribution in [-0.2, 0) is 11.3 Å². The third-order valence-electron chi connectivity index (χ3n) is 3.81. The molecular weight excluding hydrogens is 252 g/mol. The van der Waals surface area contributed by atoms with Crippen molar-refractivity contribution in [2.24, 2.45) is 11.7 Å². The monoisotopic (exact) mass is 276 g/mol. The SMILES string of the molecule is CCOc1ccccc1CNC(=O)C1CCCC(N)C1. The predicted octanol–water partition coefficient (Wildman–Crippen LogP) is 2.22. The first-order chi connectivity index (χ1) is 9.70. The van der Waals surface area contributed by atoms with E-state index in [1.165, 1.54) is 0 Å². The lowest BCUT2D eigenvalue weighted by atomic mass is 9.85. The Kier molecular flexibility index (Phi) is 5.41. The molecule has 110 valence electrons.